The van der Waals surface area contributed by atoms with Crippen LogP contribution in [0.15, 0.2) is 72.4 Å². The first kappa shape index (κ1) is 26.3. The molecule has 190 valence electrons. The predicted octanol–water partition coefficient (Wildman–Crippen LogP) is 5.77. The van der Waals surface area contributed by atoms with Gasteiger partial charge in [-0.25, -0.2) is 4.39 Å². The Balaban J connectivity index is 1.60. The highest BCUT2D eigenvalue weighted by atomic mass is 35.5. The largest absolute Gasteiger partial charge is 0.487 e. The van der Waals surface area contributed by atoms with Crippen molar-refractivity contribution >= 4 is 52.6 Å². The normalized spacial score (nSPS) is 14.4. The molecule has 37 heavy (non-hydrogen) atoms. The van der Waals surface area contributed by atoms with Crippen molar-refractivity contribution in [3.63, 3.8) is 0 Å². The number of aryl methyl sites for hydroxylation is 1. The number of anilines is 1. The second-order valence-corrected chi connectivity index (χ2v) is 9.01. The zero-order chi connectivity index (χ0) is 26.5. The van der Waals surface area contributed by atoms with Gasteiger partial charge in [0.2, 0.25) is 0 Å². The summed E-state index contributed by atoms with van der Waals surface area (Å²) < 4.78 is 23.7. The van der Waals surface area contributed by atoms with Crippen molar-refractivity contribution in [3.05, 3.63) is 100.0 Å². The summed E-state index contributed by atoms with van der Waals surface area (Å²) in [6.45, 7) is 2.04. The fourth-order valence-corrected chi connectivity index (χ4v) is 4.35. The first-order chi connectivity index (χ1) is 17.8. The lowest BCUT2D eigenvalue weighted by Crippen LogP contribution is -2.35. The molecule has 0 saturated carbocycles. The maximum Gasteiger partial charge on any atom is 0.325 e. The summed E-state index contributed by atoms with van der Waals surface area (Å²) in [6, 6.07) is 18.6. The van der Waals surface area contributed by atoms with Crippen LogP contribution in [0.3, 0.4) is 0 Å². The van der Waals surface area contributed by atoms with Crippen LogP contribution >= 0.6 is 23.8 Å². The van der Waals surface area contributed by atoms with E-state index in [0.29, 0.717) is 22.0 Å². The van der Waals surface area contributed by atoms with Gasteiger partial charge in [-0.1, -0.05) is 48.9 Å². The summed E-state index contributed by atoms with van der Waals surface area (Å²) in [6.07, 6.45) is 2.48. The highest BCUT2D eigenvalue weighted by Gasteiger charge is 2.40. The van der Waals surface area contributed by atoms with Gasteiger partial charge >= 0.3 is 5.97 Å². The van der Waals surface area contributed by atoms with Crippen LogP contribution in [-0.4, -0.2) is 35.5 Å². The molecule has 1 amide bonds. The maximum atomic E-state index is 13.5. The lowest BCUT2D eigenvalue weighted by atomic mass is 10.1. The number of methoxy groups -OCH3 is 1. The predicted molar refractivity (Wildman–Crippen MR) is 145 cm³/mol. The molecule has 1 fully saturated rings. The molecule has 9 heteroatoms. The Kier molecular flexibility index (Phi) is 8.21. The molecule has 1 heterocycles. The number of benzene rings is 3. The van der Waals surface area contributed by atoms with Crippen LogP contribution < -0.4 is 9.64 Å². The summed E-state index contributed by atoms with van der Waals surface area (Å²) >= 11 is 12.0. The number of thiocarbonyl (C=S) groups is 1. The van der Waals surface area contributed by atoms with E-state index in [2.05, 4.69) is 0 Å². The molecule has 4 rings (SSSR count). The Morgan fingerprint density at radius 2 is 1.73 bits per heavy atom. The molecule has 0 aromatic heterocycles. The van der Waals surface area contributed by atoms with Gasteiger partial charge in [-0.05, 0) is 77.8 Å². The Morgan fingerprint density at radius 3 is 2.35 bits per heavy atom. The number of ether oxygens (including phenoxy) is 2. The molecule has 0 unspecified atom stereocenters. The number of hydrogen-bond donors (Lipinski definition) is 0. The Labute approximate surface area is 224 Å². The lowest BCUT2D eigenvalue weighted by Gasteiger charge is -2.19. The fraction of sp³-hybridized carbons (Fsp3) is 0.179. The average molecular weight is 539 g/mol. The van der Waals surface area contributed by atoms with Gasteiger partial charge in [0, 0.05) is 0 Å². The van der Waals surface area contributed by atoms with Crippen molar-refractivity contribution in [2.24, 2.45) is 0 Å². The third-order valence-corrected chi connectivity index (χ3v) is 6.52. The molecule has 1 saturated heterocycles. The SMILES string of the molecule is CCc1ccc(N2C(=O)/C(=C/c3ccc(OCc4ccc(F)cc4)c(Cl)c3)N(CC(=O)OC)C2=S)cc1. The zero-order valence-electron chi connectivity index (χ0n) is 20.2. The quantitative estimate of drug-likeness (QED) is 0.206. The molecular weight excluding hydrogens is 515 g/mol. The van der Waals surface area contributed by atoms with Gasteiger partial charge < -0.3 is 14.4 Å². The molecular formula is C28H24ClFN2O4S. The van der Waals surface area contributed by atoms with Crippen LogP contribution in [0.25, 0.3) is 6.08 Å². The summed E-state index contributed by atoms with van der Waals surface area (Å²) in [5.41, 5.74) is 3.35. The minimum absolute atomic E-state index is 0.177. The van der Waals surface area contributed by atoms with Crippen molar-refractivity contribution < 1.29 is 23.5 Å². The van der Waals surface area contributed by atoms with E-state index < -0.39 is 5.97 Å². The molecule has 6 nitrogen and oxygen atoms in total. The van der Waals surface area contributed by atoms with Gasteiger partial charge in [-0.3, -0.25) is 14.5 Å². The summed E-state index contributed by atoms with van der Waals surface area (Å²) in [7, 11) is 1.28. The number of halogens is 2. The van der Waals surface area contributed by atoms with E-state index in [-0.39, 0.29) is 35.7 Å². The monoisotopic (exact) mass is 538 g/mol. The van der Waals surface area contributed by atoms with Crippen LogP contribution in [0.2, 0.25) is 5.02 Å². The average Bonchev–Trinajstić information content (AvgIpc) is 3.13. The zero-order valence-corrected chi connectivity index (χ0v) is 21.8. The molecule has 3 aromatic carbocycles. The highest BCUT2D eigenvalue weighted by molar-refractivity contribution is 7.80. The number of hydrogen-bond acceptors (Lipinski definition) is 5. The van der Waals surface area contributed by atoms with E-state index >= 15 is 0 Å². The van der Waals surface area contributed by atoms with Gasteiger partial charge in [-0.15, -0.1) is 0 Å². The Hall–Kier alpha value is -3.75. The molecule has 1 aliphatic rings. The standard InChI is InChI=1S/C28H24ClFN2O4S/c1-3-18-6-11-22(12-7-18)32-27(34)24(31(28(32)37)16-26(33)35-2)15-20-8-13-25(23(29)14-20)36-17-19-4-9-21(30)10-5-19/h4-15H,3,16-17H2,1-2H3/b24-15-. The second kappa shape index (κ2) is 11.5. The van der Waals surface area contributed by atoms with Gasteiger partial charge in [0.05, 0.1) is 17.8 Å². The Morgan fingerprint density at radius 1 is 1.05 bits per heavy atom. The topological polar surface area (TPSA) is 59.1 Å². The van der Waals surface area contributed by atoms with Crippen molar-refractivity contribution in [3.8, 4) is 5.75 Å². The van der Waals surface area contributed by atoms with Crippen LogP contribution in [-0.2, 0) is 27.4 Å². The van der Waals surface area contributed by atoms with E-state index in [9.17, 15) is 14.0 Å². The van der Waals surface area contributed by atoms with Crippen molar-refractivity contribution in [1.82, 2.24) is 4.90 Å². The first-order valence-electron chi connectivity index (χ1n) is 11.5. The number of carbonyl (C=O) groups is 2. The van der Waals surface area contributed by atoms with Gasteiger partial charge in [0.1, 0.15) is 30.4 Å². The van der Waals surface area contributed by atoms with Crippen LogP contribution in [0.4, 0.5) is 10.1 Å². The minimum Gasteiger partial charge on any atom is -0.487 e. The Bertz CT molecular complexity index is 1360. The number of carbonyl (C=O) groups excluding carboxylic acids is 2. The minimum atomic E-state index is -0.535. The fourth-order valence-electron chi connectivity index (χ4n) is 3.76. The summed E-state index contributed by atoms with van der Waals surface area (Å²) in [5, 5.41) is 0.507. The number of esters is 1. The van der Waals surface area contributed by atoms with Crippen molar-refractivity contribution in [2.75, 3.05) is 18.6 Å². The van der Waals surface area contributed by atoms with E-state index in [4.69, 9.17) is 33.3 Å². The molecule has 0 aliphatic carbocycles. The first-order valence-corrected chi connectivity index (χ1v) is 12.3. The third kappa shape index (κ3) is 5.98. The smallest absolute Gasteiger partial charge is 0.325 e. The molecule has 0 N–H and O–H groups in total. The molecule has 0 atom stereocenters. The molecule has 0 radical (unpaired) electrons. The van der Waals surface area contributed by atoms with Gasteiger partial charge in [0.15, 0.2) is 5.11 Å². The number of rotatable bonds is 8. The third-order valence-electron chi connectivity index (χ3n) is 5.82. The van der Waals surface area contributed by atoms with Crippen LogP contribution in [0.1, 0.15) is 23.6 Å². The van der Waals surface area contributed by atoms with Crippen molar-refractivity contribution in [2.45, 2.75) is 20.0 Å². The van der Waals surface area contributed by atoms with Crippen LogP contribution in [0, 0.1) is 5.82 Å². The lowest BCUT2D eigenvalue weighted by molar-refractivity contribution is -0.140. The summed E-state index contributed by atoms with van der Waals surface area (Å²) in [4.78, 5) is 28.4. The molecule has 0 spiro atoms. The van der Waals surface area contributed by atoms with E-state index in [1.807, 2.05) is 31.2 Å². The number of nitrogens with zero attached hydrogens (tertiary/aromatic N) is 2. The highest BCUT2D eigenvalue weighted by Crippen LogP contribution is 2.32. The molecule has 0 bridgehead atoms. The van der Waals surface area contributed by atoms with E-state index in [1.54, 1.807) is 36.4 Å². The molecule has 3 aromatic rings. The molecule has 1 aliphatic heterocycles. The van der Waals surface area contributed by atoms with Crippen LogP contribution in [0.5, 0.6) is 5.75 Å². The summed E-state index contributed by atoms with van der Waals surface area (Å²) in [5.74, 6) is -0.791. The van der Waals surface area contributed by atoms with Crippen molar-refractivity contribution in [1.29, 1.82) is 0 Å². The van der Waals surface area contributed by atoms with E-state index in [0.717, 1.165) is 17.5 Å². The van der Waals surface area contributed by atoms with Gasteiger partial charge in [0.25, 0.3) is 5.91 Å². The van der Waals surface area contributed by atoms with E-state index in [1.165, 1.54) is 29.0 Å². The maximum absolute atomic E-state index is 13.5. The second-order valence-electron chi connectivity index (χ2n) is 8.24. The van der Waals surface area contributed by atoms with Gasteiger partial charge in [-0.2, -0.15) is 0 Å². The number of amides is 1.